The van der Waals surface area contributed by atoms with E-state index in [4.69, 9.17) is 14.6 Å². The van der Waals surface area contributed by atoms with Gasteiger partial charge in [-0.1, -0.05) is 0 Å². The van der Waals surface area contributed by atoms with Crippen LogP contribution in [0.4, 0.5) is 0 Å². The first kappa shape index (κ1) is 12.9. The van der Waals surface area contributed by atoms with E-state index in [1.54, 1.807) is 24.3 Å². The van der Waals surface area contributed by atoms with Crippen LogP contribution >= 0.6 is 0 Å². The monoisotopic (exact) mass is 284 g/mol. The first-order valence-electron chi connectivity index (χ1n) is 6.17. The van der Waals surface area contributed by atoms with Crippen molar-refractivity contribution in [1.82, 2.24) is 0 Å². The van der Waals surface area contributed by atoms with Crippen molar-refractivity contribution in [3.05, 3.63) is 46.8 Å². The first-order chi connectivity index (χ1) is 10.1. The van der Waals surface area contributed by atoms with Gasteiger partial charge in [0.1, 0.15) is 22.8 Å². The molecule has 0 amide bonds. The summed E-state index contributed by atoms with van der Waals surface area (Å²) < 4.78 is 5.65. The third-order valence-corrected chi connectivity index (χ3v) is 3.25. The lowest BCUT2D eigenvalue weighted by molar-refractivity contribution is 0.450. The van der Waals surface area contributed by atoms with E-state index in [1.165, 1.54) is 12.1 Å². The Labute approximate surface area is 118 Å². The predicted molar refractivity (Wildman–Crippen MR) is 78.4 cm³/mol. The molecule has 1 aromatic heterocycles. The number of rotatable bonds is 1. The Hall–Kier alpha value is -3.08. The van der Waals surface area contributed by atoms with Gasteiger partial charge in [-0.2, -0.15) is 0 Å². The Kier molecular flexibility index (Phi) is 2.95. The van der Waals surface area contributed by atoms with Gasteiger partial charge in [-0.15, -0.1) is 0 Å². The van der Waals surface area contributed by atoms with Crippen LogP contribution in [0.25, 0.3) is 34.8 Å². The van der Waals surface area contributed by atoms with Crippen molar-refractivity contribution in [1.29, 1.82) is 0 Å². The molecular weight excluding hydrogens is 272 g/mol. The fourth-order valence-corrected chi connectivity index (χ4v) is 2.20. The molecule has 0 bridgehead atoms. The second kappa shape index (κ2) is 4.79. The van der Waals surface area contributed by atoms with Crippen LogP contribution in [0.1, 0.15) is 0 Å². The number of fused-ring (bicyclic) bond motifs is 1. The molecule has 0 saturated heterocycles. The Morgan fingerprint density at radius 2 is 1.57 bits per heavy atom. The minimum absolute atomic E-state index is 0.0401. The number of furan rings is 1. The predicted octanol–water partition coefficient (Wildman–Crippen LogP) is 2.10. The second-order valence-electron chi connectivity index (χ2n) is 4.59. The molecule has 106 valence electrons. The molecule has 2 aromatic carbocycles. The summed E-state index contributed by atoms with van der Waals surface area (Å²) >= 11 is 0. The second-order valence-corrected chi connectivity index (χ2v) is 4.59. The maximum atomic E-state index is 9.86. The largest absolute Gasteiger partial charge is 0.515 e. The quantitative estimate of drug-likeness (QED) is 0.549. The van der Waals surface area contributed by atoms with Gasteiger partial charge in [0.05, 0.1) is 18.1 Å². The van der Waals surface area contributed by atoms with E-state index in [0.29, 0.717) is 32.7 Å². The van der Waals surface area contributed by atoms with Gasteiger partial charge in [0, 0.05) is 21.9 Å². The van der Waals surface area contributed by atoms with Crippen molar-refractivity contribution < 1.29 is 24.8 Å². The van der Waals surface area contributed by atoms with E-state index in [-0.39, 0.29) is 11.5 Å². The van der Waals surface area contributed by atoms with Gasteiger partial charge in [-0.05, 0) is 30.3 Å². The highest BCUT2D eigenvalue weighted by Gasteiger charge is 2.11. The van der Waals surface area contributed by atoms with Crippen LogP contribution in [-0.4, -0.2) is 20.4 Å². The number of benzene rings is 2. The van der Waals surface area contributed by atoms with E-state index in [1.807, 2.05) is 0 Å². The summed E-state index contributed by atoms with van der Waals surface area (Å²) in [4.78, 5) is 0. The number of phenols is 2. The molecule has 5 heteroatoms. The molecule has 5 nitrogen and oxygen atoms in total. The van der Waals surface area contributed by atoms with Gasteiger partial charge < -0.3 is 24.8 Å². The fraction of sp³-hybridized carbons (Fsp3) is 0. The summed E-state index contributed by atoms with van der Waals surface area (Å²) in [5, 5.41) is 39.0. The van der Waals surface area contributed by atoms with E-state index in [0.717, 1.165) is 12.5 Å². The lowest BCUT2D eigenvalue weighted by atomic mass is 10.1. The standard InChI is InChI=1S/C16H12O5/c17-7-10-3-9-4-16(21-15(9)5-11(10)8-18)13-2-1-12(19)6-14(13)20/h1-8,17-20H. The zero-order valence-electron chi connectivity index (χ0n) is 10.8. The van der Waals surface area contributed by atoms with Gasteiger partial charge in [0.15, 0.2) is 0 Å². The van der Waals surface area contributed by atoms with E-state index in [9.17, 15) is 10.2 Å². The van der Waals surface area contributed by atoms with Crippen LogP contribution in [0.3, 0.4) is 0 Å². The number of phenolic OH excluding ortho intramolecular Hbond substituents is 2. The Balaban J connectivity index is 2.26. The maximum absolute atomic E-state index is 9.86. The Morgan fingerprint density at radius 1 is 0.857 bits per heavy atom. The van der Waals surface area contributed by atoms with Gasteiger partial charge in [-0.3, -0.25) is 0 Å². The Morgan fingerprint density at radius 3 is 2.24 bits per heavy atom. The highest BCUT2D eigenvalue weighted by Crippen LogP contribution is 2.34. The van der Waals surface area contributed by atoms with Crippen molar-refractivity contribution in [2.75, 3.05) is 0 Å². The minimum Gasteiger partial charge on any atom is -0.515 e. The molecule has 21 heavy (non-hydrogen) atoms. The van der Waals surface area contributed by atoms with Gasteiger partial charge in [0.25, 0.3) is 0 Å². The number of hydrogen-bond donors (Lipinski definition) is 4. The Bertz CT molecular complexity index is 886. The zero-order valence-corrected chi connectivity index (χ0v) is 10.8. The summed E-state index contributed by atoms with van der Waals surface area (Å²) in [5.74, 6) is 0.278. The molecule has 0 unspecified atom stereocenters. The molecule has 0 aliphatic rings. The SMILES string of the molecule is OC=c1cc2cc(-c3ccc(O)cc3O)oc2cc1=CO. The van der Waals surface area contributed by atoms with Crippen LogP contribution in [0.15, 0.2) is 40.8 Å². The average Bonchev–Trinajstić information content (AvgIpc) is 2.87. The third kappa shape index (κ3) is 2.14. The number of hydrogen-bond acceptors (Lipinski definition) is 5. The lowest BCUT2D eigenvalue weighted by Gasteiger charge is -2.00. The normalized spacial score (nSPS) is 13.1. The molecule has 0 aliphatic carbocycles. The summed E-state index contributed by atoms with van der Waals surface area (Å²) in [6, 6.07) is 9.15. The number of aromatic hydroxyl groups is 2. The molecular formula is C16H12O5. The molecule has 0 fully saturated rings. The van der Waals surface area contributed by atoms with Crippen LogP contribution < -0.4 is 10.4 Å². The van der Waals surface area contributed by atoms with Gasteiger partial charge in [-0.25, -0.2) is 0 Å². The topological polar surface area (TPSA) is 94.1 Å². The van der Waals surface area contributed by atoms with Gasteiger partial charge >= 0.3 is 0 Å². The molecule has 3 aromatic rings. The van der Waals surface area contributed by atoms with Crippen LogP contribution in [-0.2, 0) is 0 Å². The highest BCUT2D eigenvalue weighted by molar-refractivity contribution is 5.84. The van der Waals surface area contributed by atoms with Crippen LogP contribution in [0.2, 0.25) is 0 Å². The van der Waals surface area contributed by atoms with Crippen molar-refractivity contribution in [3.63, 3.8) is 0 Å². The molecule has 0 aliphatic heterocycles. The molecule has 1 heterocycles. The smallest absolute Gasteiger partial charge is 0.139 e. The zero-order chi connectivity index (χ0) is 15.0. The van der Waals surface area contributed by atoms with Crippen molar-refractivity contribution in [3.8, 4) is 22.8 Å². The molecule has 3 rings (SSSR count). The molecule has 0 saturated carbocycles. The van der Waals surface area contributed by atoms with Crippen LogP contribution in [0.5, 0.6) is 11.5 Å². The summed E-state index contributed by atoms with van der Waals surface area (Å²) in [5.41, 5.74) is 0.941. The van der Waals surface area contributed by atoms with E-state index in [2.05, 4.69) is 0 Å². The number of aliphatic hydroxyl groups excluding tert-OH is 2. The third-order valence-electron chi connectivity index (χ3n) is 3.25. The maximum Gasteiger partial charge on any atom is 0.139 e. The first-order valence-corrected chi connectivity index (χ1v) is 6.17. The number of aliphatic hydroxyl groups is 2. The minimum atomic E-state index is -0.100. The summed E-state index contributed by atoms with van der Waals surface area (Å²) in [6.45, 7) is 0. The fourth-order valence-electron chi connectivity index (χ4n) is 2.20. The highest BCUT2D eigenvalue weighted by atomic mass is 16.3. The van der Waals surface area contributed by atoms with E-state index >= 15 is 0 Å². The molecule has 0 atom stereocenters. The molecule has 0 spiro atoms. The average molecular weight is 284 g/mol. The summed E-state index contributed by atoms with van der Waals surface area (Å²) in [6.07, 6.45) is 1.77. The molecule has 0 radical (unpaired) electrons. The van der Waals surface area contributed by atoms with Crippen molar-refractivity contribution in [2.45, 2.75) is 0 Å². The summed E-state index contributed by atoms with van der Waals surface area (Å²) in [7, 11) is 0. The van der Waals surface area contributed by atoms with E-state index < -0.39 is 0 Å². The van der Waals surface area contributed by atoms with Crippen molar-refractivity contribution in [2.24, 2.45) is 0 Å². The van der Waals surface area contributed by atoms with Crippen molar-refractivity contribution >= 4 is 23.5 Å². The lowest BCUT2D eigenvalue weighted by Crippen LogP contribution is -2.23. The van der Waals surface area contributed by atoms with Crippen LogP contribution in [0, 0.1) is 0 Å². The molecule has 4 N–H and O–H groups in total. The van der Waals surface area contributed by atoms with Gasteiger partial charge in [0.2, 0.25) is 0 Å².